The maximum absolute atomic E-state index is 13.1. The molecule has 0 aromatic heterocycles. The van der Waals surface area contributed by atoms with Crippen molar-refractivity contribution in [2.45, 2.75) is 63.2 Å². The minimum absolute atomic E-state index is 0.0419. The summed E-state index contributed by atoms with van der Waals surface area (Å²) in [5, 5.41) is 0. The Morgan fingerprint density at radius 1 is 0.962 bits per heavy atom. The van der Waals surface area contributed by atoms with Crippen molar-refractivity contribution in [3.8, 4) is 0 Å². The molecule has 1 N–H and O–H groups in total. The quantitative estimate of drug-likeness (QED) is 0.600. The first-order valence-corrected chi connectivity index (χ1v) is 10.0. The maximum atomic E-state index is 13.1. The van der Waals surface area contributed by atoms with Gasteiger partial charge in [0.25, 0.3) is 0 Å². The zero-order valence-electron chi connectivity index (χ0n) is 16.1. The Labute approximate surface area is 158 Å². The van der Waals surface area contributed by atoms with Gasteiger partial charge in [-0.15, -0.1) is 0 Å². The van der Waals surface area contributed by atoms with Gasteiger partial charge in [0.2, 0.25) is 0 Å². The molecule has 0 amide bonds. The molecule has 0 bridgehead atoms. The molecule has 4 heteroatoms. The first kappa shape index (κ1) is 19.0. The highest BCUT2D eigenvalue weighted by Crippen LogP contribution is 2.46. The lowest BCUT2D eigenvalue weighted by molar-refractivity contribution is 0.103. The van der Waals surface area contributed by atoms with E-state index in [0.29, 0.717) is 16.0 Å². The highest BCUT2D eigenvalue weighted by Gasteiger charge is 2.37. The molecule has 1 aliphatic carbocycles. The second kappa shape index (κ2) is 6.43. The predicted octanol–water partition coefficient (Wildman–Crippen LogP) is 5.16. The summed E-state index contributed by atoms with van der Waals surface area (Å²) in [6.45, 7) is 11.0. The summed E-state index contributed by atoms with van der Waals surface area (Å²) in [6, 6.07) is 10.6. The van der Waals surface area contributed by atoms with Crippen LogP contribution in [0.3, 0.4) is 0 Å². The van der Waals surface area contributed by atoms with Gasteiger partial charge in [0.1, 0.15) is 0 Å². The van der Waals surface area contributed by atoms with Crippen LogP contribution in [-0.4, -0.2) is 14.5 Å². The van der Waals surface area contributed by atoms with Crippen LogP contribution >= 0.6 is 0 Å². The normalized spacial score (nSPS) is 18.8. The van der Waals surface area contributed by atoms with Gasteiger partial charge in [-0.25, -0.2) is 4.21 Å². The number of ketones is 1. The van der Waals surface area contributed by atoms with Crippen LogP contribution in [0.5, 0.6) is 0 Å². The monoisotopic (exact) mass is 370 g/mol. The van der Waals surface area contributed by atoms with Crippen molar-refractivity contribution in [3.63, 3.8) is 0 Å². The molecule has 0 saturated heterocycles. The molecule has 2 aromatic carbocycles. The van der Waals surface area contributed by atoms with Crippen molar-refractivity contribution in [1.29, 1.82) is 0 Å². The third kappa shape index (κ3) is 3.28. The molecular formula is C22H26O3S. The average molecular weight is 371 g/mol. The summed E-state index contributed by atoms with van der Waals surface area (Å²) in [6.07, 6.45) is 2.24. The van der Waals surface area contributed by atoms with Gasteiger partial charge in [0, 0.05) is 11.1 Å². The van der Waals surface area contributed by atoms with Crippen LogP contribution in [0.25, 0.3) is 0 Å². The van der Waals surface area contributed by atoms with Crippen molar-refractivity contribution in [1.82, 2.24) is 0 Å². The molecule has 3 rings (SSSR count). The third-order valence-corrected chi connectivity index (χ3v) is 6.44. The minimum Gasteiger partial charge on any atom is -0.302 e. The van der Waals surface area contributed by atoms with Gasteiger partial charge in [-0.1, -0.05) is 33.8 Å². The fraction of sp³-hybridized carbons (Fsp3) is 0.409. The molecule has 0 saturated carbocycles. The topological polar surface area (TPSA) is 54.4 Å². The summed E-state index contributed by atoms with van der Waals surface area (Å²) in [5.74, 6) is -0.0419. The molecule has 3 nitrogen and oxygen atoms in total. The Kier molecular flexibility index (Phi) is 4.70. The number of aryl methyl sites for hydroxylation is 1. The van der Waals surface area contributed by atoms with Crippen LogP contribution in [0.2, 0.25) is 0 Å². The van der Waals surface area contributed by atoms with Crippen LogP contribution in [0.15, 0.2) is 41.3 Å². The van der Waals surface area contributed by atoms with E-state index in [1.54, 1.807) is 12.1 Å². The summed E-state index contributed by atoms with van der Waals surface area (Å²) >= 11 is -2.03. The predicted molar refractivity (Wildman–Crippen MR) is 105 cm³/mol. The van der Waals surface area contributed by atoms with Gasteiger partial charge in [-0.05, 0) is 77.6 Å². The van der Waals surface area contributed by atoms with E-state index in [0.717, 1.165) is 18.4 Å². The van der Waals surface area contributed by atoms with Gasteiger partial charge in [-0.3, -0.25) is 4.79 Å². The molecular weight excluding hydrogens is 344 g/mol. The molecule has 0 radical (unpaired) electrons. The third-order valence-electron chi connectivity index (χ3n) is 5.76. The molecule has 138 valence electrons. The van der Waals surface area contributed by atoms with E-state index in [-0.39, 0.29) is 16.6 Å². The van der Waals surface area contributed by atoms with E-state index < -0.39 is 11.1 Å². The lowest BCUT2D eigenvalue weighted by Gasteiger charge is -2.42. The van der Waals surface area contributed by atoms with Crippen LogP contribution < -0.4 is 0 Å². The zero-order chi connectivity index (χ0) is 19.3. The second-order valence-corrected chi connectivity index (χ2v) is 9.55. The fourth-order valence-corrected chi connectivity index (χ4v) is 4.21. The molecule has 0 fully saturated rings. The molecule has 2 aromatic rings. The maximum Gasteiger partial charge on any atom is 0.193 e. The first-order valence-electron chi connectivity index (χ1n) is 8.94. The van der Waals surface area contributed by atoms with Crippen molar-refractivity contribution < 1.29 is 13.6 Å². The van der Waals surface area contributed by atoms with E-state index in [1.807, 2.05) is 6.92 Å². The van der Waals surface area contributed by atoms with Gasteiger partial charge in [0.15, 0.2) is 16.9 Å². The van der Waals surface area contributed by atoms with E-state index in [4.69, 9.17) is 4.55 Å². The van der Waals surface area contributed by atoms with Gasteiger partial charge in [-0.2, -0.15) is 0 Å². The SMILES string of the molecule is Cc1cc2c(cc1C(=O)c1ccc(S(=O)O)cc1)C(C)(C)CCC2(C)C. The van der Waals surface area contributed by atoms with E-state index in [9.17, 15) is 9.00 Å². The van der Waals surface area contributed by atoms with Crippen molar-refractivity contribution in [3.05, 3.63) is 64.2 Å². The minimum atomic E-state index is -2.03. The van der Waals surface area contributed by atoms with Crippen molar-refractivity contribution in [2.75, 3.05) is 0 Å². The number of hydrogen-bond donors (Lipinski definition) is 1. The molecule has 0 spiro atoms. The van der Waals surface area contributed by atoms with Gasteiger partial charge in [0.05, 0.1) is 4.90 Å². The number of benzene rings is 2. The molecule has 26 heavy (non-hydrogen) atoms. The largest absolute Gasteiger partial charge is 0.302 e. The zero-order valence-corrected chi connectivity index (χ0v) is 16.9. The van der Waals surface area contributed by atoms with Crippen LogP contribution in [0.4, 0.5) is 0 Å². The number of rotatable bonds is 3. The average Bonchev–Trinajstić information content (AvgIpc) is 2.58. The number of carbonyl (C=O) groups excluding carboxylic acids is 1. The Morgan fingerprint density at radius 3 is 1.96 bits per heavy atom. The van der Waals surface area contributed by atoms with Crippen LogP contribution in [0.1, 0.15) is 73.1 Å². The second-order valence-electron chi connectivity index (χ2n) is 8.58. The summed E-state index contributed by atoms with van der Waals surface area (Å²) in [7, 11) is 0. The van der Waals surface area contributed by atoms with Crippen LogP contribution in [0, 0.1) is 6.92 Å². The number of hydrogen-bond acceptors (Lipinski definition) is 2. The van der Waals surface area contributed by atoms with E-state index in [1.165, 1.54) is 23.3 Å². The van der Waals surface area contributed by atoms with Crippen LogP contribution in [-0.2, 0) is 21.9 Å². The smallest absolute Gasteiger partial charge is 0.193 e. The molecule has 1 unspecified atom stereocenters. The highest BCUT2D eigenvalue weighted by molar-refractivity contribution is 7.79. The highest BCUT2D eigenvalue weighted by atomic mass is 32.2. The number of carbonyl (C=O) groups is 1. The Balaban J connectivity index is 2.09. The number of fused-ring (bicyclic) bond motifs is 1. The lowest BCUT2D eigenvalue weighted by atomic mass is 9.62. The molecule has 0 aliphatic heterocycles. The fourth-order valence-electron chi connectivity index (χ4n) is 3.84. The van der Waals surface area contributed by atoms with Gasteiger partial charge >= 0.3 is 0 Å². The standard InChI is InChI=1S/C22H26O3S/c1-14-12-18-19(22(4,5)11-10-21(18,2)3)13-17(14)20(23)15-6-8-16(9-7-15)26(24)25/h6-9,12-13H,10-11H2,1-5H3,(H,24,25). The van der Waals surface area contributed by atoms with E-state index >= 15 is 0 Å². The molecule has 1 atom stereocenters. The van der Waals surface area contributed by atoms with Crippen molar-refractivity contribution >= 4 is 16.9 Å². The molecule has 0 heterocycles. The van der Waals surface area contributed by atoms with Gasteiger partial charge < -0.3 is 4.55 Å². The lowest BCUT2D eigenvalue weighted by Crippen LogP contribution is -2.34. The summed E-state index contributed by atoms with van der Waals surface area (Å²) in [5.41, 5.74) is 5.00. The Hall–Kier alpha value is -1.78. The molecule has 1 aliphatic rings. The summed E-state index contributed by atoms with van der Waals surface area (Å²) in [4.78, 5) is 13.4. The van der Waals surface area contributed by atoms with E-state index in [2.05, 4.69) is 39.8 Å². The first-order chi connectivity index (χ1) is 12.0. The summed E-state index contributed by atoms with van der Waals surface area (Å²) < 4.78 is 20.3. The Morgan fingerprint density at radius 2 is 1.46 bits per heavy atom. The Bertz CT molecular complexity index is 892. The van der Waals surface area contributed by atoms with Crippen molar-refractivity contribution in [2.24, 2.45) is 0 Å².